The van der Waals surface area contributed by atoms with Crippen LogP contribution in [-0.4, -0.2) is 41.7 Å². The molecule has 1 aliphatic heterocycles. The number of nitrogens with two attached hydrogens (primary N) is 1. The van der Waals surface area contributed by atoms with Gasteiger partial charge in [-0.05, 0) is 49.4 Å². The number of benzene rings is 1. The number of aliphatic hydroxyl groups excluding tert-OH is 1. The van der Waals surface area contributed by atoms with Crippen LogP contribution in [0.3, 0.4) is 0 Å². The summed E-state index contributed by atoms with van der Waals surface area (Å²) in [6, 6.07) is 7.74. The Morgan fingerprint density at radius 1 is 1.35 bits per heavy atom. The fraction of sp³-hybridized carbons (Fsp3) is 0.562. The number of nitrogens with zero attached hydrogens (tertiary/aromatic N) is 1. The molecule has 1 aliphatic carbocycles. The molecule has 3 atom stereocenters. The molecule has 1 saturated carbocycles. The van der Waals surface area contributed by atoms with E-state index in [2.05, 4.69) is 0 Å². The molecule has 1 heterocycles. The van der Waals surface area contributed by atoms with E-state index in [4.69, 9.17) is 5.73 Å². The van der Waals surface area contributed by atoms with Crippen LogP contribution in [0.5, 0.6) is 0 Å². The minimum Gasteiger partial charge on any atom is -0.393 e. The number of carbonyl (C=O) groups excluding carboxylic acids is 1. The van der Waals surface area contributed by atoms with Gasteiger partial charge in [0.05, 0.1) is 6.10 Å². The van der Waals surface area contributed by atoms with Crippen molar-refractivity contribution in [1.29, 1.82) is 0 Å². The Morgan fingerprint density at radius 3 is 2.95 bits per heavy atom. The number of amides is 1. The van der Waals surface area contributed by atoms with Gasteiger partial charge in [0, 0.05) is 24.6 Å². The van der Waals surface area contributed by atoms with Crippen molar-refractivity contribution in [3.8, 4) is 0 Å². The molecule has 4 heteroatoms. The molecule has 0 bridgehead atoms. The topological polar surface area (TPSA) is 66.6 Å². The van der Waals surface area contributed by atoms with E-state index >= 15 is 0 Å². The number of carbonyl (C=O) groups is 1. The average molecular weight is 274 g/mol. The molecule has 1 aromatic carbocycles. The maximum Gasteiger partial charge on any atom is 0.253 e. The summed E-state index contributed by atoms with van der Waals surface area (Å²) in [5.74, 6) is 0.859. The van der Waals surface area contributed by atoms with E-state index in [9.17, 15) is 9.90 Å². The number of aliphatic hydroxyl groups is 1. The zero-order valence-electron chi connectivity index (χ0n) is 11.7. The fourth-order valence-corrected chi connectivity index (χ4v) is 3.61. The second-order valence-corrected chi connectivity index (χ2v) is 6.02. The maximum atomic E-state index is 12.6. The summed E-state index contributed by atoms with van der Waals surface area (Å²) in [6.07, 6.45) is 2.51. The SMILES string of the molecule is NCCc1cccc(C(=O)N2CC3CCC(O)C3C2)c1. The van der Waals surface area contributed by atoms with Crippen LogP contribution in [0.1, 0.15) is 28.8 Å². The predicted octanol–water partition coefficient (Wildman–Crippen LogP) is 1.03. The molecular weight excluding hydrogens is 252 g/mol. The van der Waals surface area contributed by atoms with Gasteiger partial charge in [0.25, 0.3) is 5.91 Å². The first-order chi connectivity index (χ1) is 9.69. The lowest BCUT2D eigenvalue weighted by molar-refractivity contribution is 0.0752. The Balaban J connectivity index is 1.72. The van der Waals surface area contributed by atoms with Gasteiger partial charge in [-0.15, -0.1) is 0 Å². The fourth-order valence-electron chi connectivity index (χ4n) is 3.61. The average Bonchev–Trinajstić information content (AvgIpc) is 3.01. The molecule has 2 aliphatic rings. The Morgan fingerprint density at radius 2 is 2.20 bits per heavy atom. The van der Waals surface area contributed by atoms with Crippen LogP contribution in [0.25, 0.3) is 0 Å². The summed E-state index contributed by atoms with van der Waals surface area (Å²) >= 11 is 0. The zero-order valence-corrected chi connectivity index (χ0v) is 11.7. The highest BCUT2D eigenvalue weighted by Gasteiger charge is 2.43. The Labute approximate surface area is 119 Å². The van der Waals surface area contributed by atoms with Gasteiger partial charge < -0.3 is 15.7 Å². The van der Waals surface area contributed by atoms with E-state index in [1.807, 2.05) is 29.2 Å². The molecular formula is C16H22N2O2. The number of hydrogen-bond donors (Lipinski definition) is 2. The van der Waals surface area contributed by atoms with Crippen LogP contribution in [0.2, 0.25) is 0 Å². The van der Waals surface area contributed by atoms with Crippen molar-refractivity contribution in [1.82, 2.24) is 4.90 Å². The molecule has 3 N–H and O–H groups in total. The number of fused-ring (bicyclic) bond motifs is 1. The van der Waals surface area contributed by atoms with Crippen LogP contribution in [0, 0.1) is 11.8 Å². The third-order valence-electron chi connectivity index (χ3n) is 4.71. The third-order valence-corrected chi connectivity index (χ3v) is 4.71. The molecule has 0 radical (unpaired) electrons. The smallest absolute Gasteiger partial charge is 0.253 e. The van der Waals surface area contributed by atoms with Crippen molar-refractivity contribution in [3.05, 3.63) is 35.4 Å². The standard InChI is InChI=1S/C16H22N2O2/c17-7-6-11-2-1-3-12(8-11)16(20)18-9-13-4-5-15(19)14(13)10-18/h1-3,8,13-15,19H,4-7,9-10,17H2. The zero-order chi connectivity index (χ0) is 14.1. The minimum absolute atomic E-state index is 0.0884. The largest absolute Gasteiger partial charge is 0.393 e. The second-order valence-electron chi connectivity index (χ2n) is 6.02. The van der Waals surface area contributed by atoms with Crippen molar-refractivity contribution in [3.63, 3.8) is 0 Å². The lowest BCUT2D eigenvalue weighted by atomic mass is 10.00. The van der Waals surface area contributed by atoms with Gasteiger partial charge >= 0.3 is 0 Å². The van der Waals surface area contributed by atoms with Crippen molar-refractivity contribution in [2.75, 3.05) is 19.6 Å². The first-order valence-corrected chi connectivity index (χ1v) is 7.45. The third kappa shape index (κ3) is 2.45. The lowest BCUT2D eigenvalue weighted by Gasteiger charge is -2.18. The van der Waals surface area contributed by atoms with Crippen LogP contribution in [0.4, 0.5) is 0 Å². The minimum atomic E-state index is -0.221. The first kappa shape index (κ1) is 13.6. The predicted molar refractivity (Wildman–Crippen MR) is 77.3 cm³/mol. The number of rotatable bonds is 3. The monoisotopic (exact) mass is 274 g/mol. The van der Waals surface area contributed by atoms with Crippen LogP contribution in [-0.2, 0) is 6.42 Å². The van der Waals surface area contributed by atoms with Gasteiger partial charge in [0.1, 0.15) is 0 Å². The van der Waals surface area contributed by atoms with Gasteiger partial charge in [0.2, 0.25) is 0 Å². The van der Waals surface area contributed by atoms with E-state index in [0.29, 0.717) is 19.0 Å². The summed E-state index contributed by atoms with van der Waals surface area (Å²) in [4.78, 5) is 14.5. The summed E-state index contributed by atoms with van der Waals surface area (Å²) in [7, 11) is 0. The summed E-state index contributed by atoms with van der Waals surface area (Å²) in [5, 5.41) is 9.93. The Hall–Kier alpha value is -1.39. The first-order valence-electron chi connectivity index (χ1n) is 7.45. The van der Waals surface area contributed by atoms with Crippen LogP contribution >= 0.6 is 0 Å². The van der Waals surface area contributed by atoms with E-state index in [1.165, 1.54) is 0 Å². The van der Waals surface area contributed by atoms with Gasteiger partial charge in [-0.3, -0.25) is 4.79 Å². The van der Waals surface area contributed by atoms with Crippen molar-refractivity contribution >= 4 is 5.91 Å². The molecule has 20 heavy (non-hydrogen) atoms. The van der Waals surface area contributed by atoms with Crippen molar-refractivity contribution in [2.24, 2.45) is 17.6 Å². The number of hydrogen-bond acceptors (Lipinski definition) is 3. The molecule has 0 spiro atoms. The van der Waals surface area contributed by atoms with Gasteiger partial charge in [-0.2, -0.15) is 0 Å². The molecule has 108 valence electrons. The molecule has 1 amide bonds. The van der Waals surface area contributed by atoms with Gasteiger partial charge in [-0.25, -0.2) is 0 Å². The Bertz CT molecular complexity index is 503. The molecule has 1 saturated heterocycles. The van der Waals surface area contributed by atoms with Gasteiger partial charge in [0.15, 0.2) is 0 Å². The molecule has 0 aromatic heterocycles. The molecule has 1 aromatic rings. The van der Waals surface area contributed by atoms with Gasteiger partial charge in [-0.1, -0.05) is 12.1 Å². The normalized spacial score (nSPS) is 28.7. The molecule has 2 fully saturated rings. The maximum absolute atomic E-state index is 12.6. The quantitative estimate of drug-likeness (QED) is 0.865. The molecule has 4 nitrogen and oxygen atoms in total. The lowest BCUT2D eigenvalue weighted by Crippen LogP contribution is -2.31. The van der Waals surface area contributed by atoms with E-state index < -0.39 is 0 Å². The second kappa shape index (κ2) is 5.54. The van der Waals surface area contributed by atoms with Crippen molar-refractivity contribution in [2.45, 2.75) is 25.4 Å². The highest BCUT2D eigenvalue weighted by molar-refractivity contribution is 5.94. The van der Waals surface area contributed by atoms with E-state index in [0.717, 1.165) is 36.9 Å². The number of likely N-dealkylation sites (tertiary alicyclic amines) is 1. The molecule has 3 rings (SSSR count). The van der Waals surface area contributed by atoms with E-state index in [-0.39, 0.29) is 17.9 Å². The molecule has 3 unspecified atom stereocenters. The van der Waals surface area contributed by atoms with E-state index in [1.54, 1.807) is 0 Å². The van der Waals surface area contributed by atoms with Crippen LogP contribution in [0.15, 0.2) is 24.3 Å². The summed E-state index contributed by atoms with van der Waals surface area (Å²) in [6.45, 7) is 2.09. The highest BCUT2D eigenvalue weighted by atomic mass is 16.3. The summed E-state index contributed by atoms with van der Waals surface area (Å²) < 4.78 is 0. The van der Waals surface area contributed by atoms with Crippen molar-refractivity contribution < 1.29 is 9.90 Å². The van der Waals surface area contributed by atoms with Crippen LogP contribution < -0.4 is 5.73 Å². The highest BCUT2D eigenvalue weighted by Crippen LogP contribution is 2.38. The Kier molecular flexibility index (Phi) is 3.76. The summed E-state index contributed by atoms with van der Waals surface area (Å²) in [5.41, 5.74) is 7.41.